The molecule has 0 atom stereocenters. The fourth-order valence-corrected chi connectivity index (χ4v) is 3.27. The minimum Gasteiger partial charge on any atom is -0.462 e. The van der Waals surface area contributed by atoms with Gasteiger partial charge in [0.1, 0.15) is 0 Å². The summed E-state index contributed by atoms with van der Waals surface area (Å²) < 4.78 is 7.97. The van der Waals surface area contributed by atoms with Crippen LogP contribution in [0, 0.1) is 0 Å². The lowest BCUT2D eigenvalue weighted by Crippen LogP contribution is -2.03. The number of halogens is 3. The van der Waals surface area contributed by atoms with Crippen molar-refractivity contribution in [1.29, 1.82) is 0 Å². The number of ether oxygens (including phenoxy) is 1. The second-order valence-electron chi connectivity index (χ2n) is 5.31. The van der Waals surface area contributed by atoms with Crippen LogP contribution in [0.25, 0.3) is 16.9 Å². The van der Waals surface area contributed by atoms with E-state index in [1.807, 2.05) is 34.9 Å². The van der Waals surface area contributed by atoms with Gasteiger partial charge in [-0.15, -0.1) is 0 Å². The van der Waals surface area contributed by atoms with Crippen molar-refractivity contribution in [3.8, 4) is 16.9 Å². The molecule has 0 amide bonds. The molecule has 3 nitrogen and oxygen atoms in total. The number of hydrogen-bond acceptors (Lipinski definition) is 2. The second kappa shape index (κ2) is 7.65. The third-order valence-electron chi connectivity index (χ3n) is 3.64. The van der Waals surface area contributed by atoms with Crippen LogP contribution in [0.15, 0.2) is 59.2 Å². The Balaban J connectivity index is 2.17. The summed E-state index contributed by atoms with van der Waals surface area (Å²) in [6.07, 6.45) is 1.73. The van der Waals surface area contributed by atoms with E-state index < -0.39 is 0 Å². The van der Waals surface area contributed by atoms with Gasteiger partial charge in [0.05, 0.1) is 28.6 Å². The standard InChI is InChI=1S/C19H14BrCl2NO2/c1-2-25-19(24)13-9-18(12-3-5-14(20)6-4-12)23(11-13)17-8-7-15(21)10-16(17)22/h3-11H,2H2,1H3. The zero-order chi connectivity index (χ0) is 18.0. The first-order valence-corrected chi connectivity index (χ1v) is 9.15. The van der Waals surface area contributed by atoms with E-state index in [2.05, 4.69) is 15.9 Å². The zero-order valence-electron chi connectivity index (χ0n) is 13.3. The highest BCUT2D eigenvalue weighted by atomic mass is 79.9. The zero-order valence-corrected chi connectivity index (χ0v) is 16.4. The number of carbonyl (C=O) groups is 1. The van der Waals surface area contributed by atoms with Gasteiger partial charge in [0.15, 0.2) is 0 Å². The second-order valence-corrected chi connectivity index (χ2v) is 7.07. The summed E-state index contributed by atoms with van der Waals surface area (Å²) in [5, 5.41) is 1.05. The van der Waals surface area contributed by atoms with Crippen molar-refractivity contribution in [1.82, 2.24) is 4.57 Å². The van der Waals surface area contributed by atoms with Gasteiger partial charge in [-0.3, -0.25) is 0 Å². The average molecular weight is 439 g/mol. The number of rotatable bonds is 4. The molecular weight excluding hydrogens is 425 g/mol. The van der Waals surface area contributed by atoms with Crippen molar-refractivity contribution in [2.24, 2.45) is 0 Å². The van der Waals surface area contributed by atoms with Crippen molar-refractivity contribution < 1.29 is 9.53 Å². The summed E-state index contributed by atoms with van der Waals surface area (Å²) in [6.45, 7) is 2.10. The fourth-order valence-electron chi connectivity index (χ4n) is 2.51. The van der Waals surface area contributed by atoms with E-state index in [4.69, 9.17) is 27.9 Å². The van der Waals surface area contributed by atoms with Crippen molar-refractivity contribution in [3.63, 3.8) is 0 Å². The summed E-state index contributed by atoms with van der Waals surface area (Å²) in [7, 11) is 0. The normalized spacial score (nSPS) is 10.7. The fraction of sp³-hybridized carbons (Fsp3) is 0.105. The van der Waals surface area contributed by atoms with Crippen molar-refractivity contribution in [2.45, 2.75) is 6.92 Å². The summed E-state index contributed by atoms with van der Waals surface area (Å²) in [6, 6.07) is 14.9. The summed E-state index contributed by atoms with van der Waals surface area (Å²) in [5.74, 6) is -0.371. The van der Waals surface area contributed by atoms with Crippen LogP contribution in [0.2, 0.25) is 10.0 Å². The van der Waals surface area contributed by atoms with E-state index in [-0.39, 0.29) is 5.97 Å². The molecule has 0 radical (unpaired) electrons. The maximum Gasteiger partial charge on any atom is 0.339 e. The van der Waals surface area contributed by atoms with E-state index >= 15 is 0 Å². The first kappa shape index (κ1) is 18.1. The van der Waals surface area contributed by atoms with Gasteiger partial charge < -0.3 is 9.30 Å². The molecule has 0 fully saturated rings. The Labute approximate surface area is 164 Å². The highest BCUT2D eigenvalue weighted by Crippen LogP contribution is 2.32. The highest BCUT2D eigenvalue weighted by Gasteiger charge is 2.17. The van der Waals surface area contributed by atoms with Gasteiger partial charge in [0.25, 0.3) is 0 Å². The predicted octanol–water partition coefficient (Wildman–Crippen LogP) is 6.39. The number of hydrogen-bond donors (Lipinski definition) is 0. The minimum absolute atomic E-state index is 0.319. The monoisotopic (exact) mass is 437 g/mol. The molecule has 0 N–H and O–H groups in total. The molecule has 3 aromatic rings. The first-order valence-electron chi connectivity index (χ1n) is 7.60. The topological polar surface area (TPSA) is 31.2 Å². The minimum atomic E-state index is -0.371. The van der Waals surface area contributed by atoms with Gasteiger partial charge in [0.2, 0.25) is 0 Å². The van der Waals surface area contributed by atoms with E-state index in [1.54, 1.807) is 31.3 Å². The Morgan fingerprint density at radius 1 is 1.12 bits per heavy atom. The van der Waals surface area contributed by atoms with Crippen molar-refractivity contribution >= 4 is 45.1 Å². The summed E-state index contributed by atoms with van der Waals surface area (Å²) >= 11 is 15.8. The van der Waals surface area contributed by atoms with Gasteiger partial charge in [0, 0.05) is 15.7 Å². The molecule has 25 heavy (non-hydrogen) atoms. The van der Waals surface area contributed by atoms with Gasteiger partial charge in [-0.05, 0) is 48.9 Å². The SMILES string of the molecule is CCOC(=O)c1cc(-c2ccc(Br)cc2)n(-c2ccc(Cl)cc2Cl)c1. The molecule has 2 aromatic carbocycles. The van der Waals surface area contributed by atoms with Crippen LogP contribution in [0.1, 0.15) is 17.3 Å². The maximum absolute atomic E-state index is 12.2. The van der Waals surface area contributed by atoms with Crippen LogP contribution in [-0.4, -0.2) is 17.1 Å². The number of benzene rings is 2. The van der Waals surface area contributed by atoms with Crippen LogP contribution in [0.4, 0.5) is 0 Å². The molecule has 3 rings (SSSR count). The van der Waals surface area contributed by atoms with Crippen LogP contribution in [-0.2, 0) is 4.74 Å². The number of esters is 1. The van der Waals surface area contributed by atoms with Crippen LogP contribution >= 0.6 is 39.1 Å². The molecule has 0 saturated carbocycles. The number of carbonyl (C=O) groups excluding carboxylic acids is 1. The molecule has 0 saturated heterocycles. The Hall–Kier alpha value is -1.75. The molecule has 0 aliphatic rings. The third kappa shape index (κ3) is 3.92. The maximum atomic E-state index is 12.2. The first-order chi connectivity index (χ1) is 12.0. The Kier molecular flexibility index (Phi) is 5.52. The third-order valence-corrected chi connectivity index (χ3v) is 4.71. The molecule has 0 unspecified atom stereocenters. The average Bonchev–Trinajstić information content (AvgIpc) is 3.01. The van der Waals surface area contributed by atoms with E-state index in [0.29, 0.717) is 22.2 Å². The van der Waals surface area contributed by atoms with Crippen molar-refractivity contribution in [2.75, 3.05) is 6.61 Å². The molecule has 0 aliphatic heterocycles. The summed E-state index contributed by atoms with van der Waals surface area (Å²) in [5.41, 5.74) is 2.98. The Morgan fingerprint density at radius 2 is 1.84 bits per heavy atom. The molecule has 128 valence electrons. The molecule has 0 bridgehead atoms. The molecular formula is C19H14BrCl2NO2. The van der Waals surface area contributed by atoms with E-state index in [0.717, 1.165) is 21.4 Å². The van der Waals surface area contributed by atoms with E-state index in [1.165, 1.54) is 0 Å². The quantitative estimate of drug-likeness (QED) is 0.442. The summed E-state index contributed by atoms with van der Waals surface area (Å²) in [4.78, 5) is 12.2. The van der Waals surface area contributed by atoms with Gasteiger partial charge in [-0.1, -0.05) is 51.3 Å². The molecule has 0 spiro atoms. The lowest BCUT2D eigenvalue weighted by atomic mass is 10.1. The smallest absolute Gasteiger partial charge is 0.339 e. The predicted molar refractivity (Wildman–Crippen MR) is 105 cm³/mol. The van der Waals surface area contributed by atoms with Crippen molar-refractivity contribution in [3.05, 3.63) is 74.8 Å². The largest absolute Gasteiger partial charge is 0.462 e. The number of nitrogens with zero attached hydrogens (tertiary/aromatic N) is 1. The van der Waals surface area contributed by atoms with Gasteiger partial charge in [-0.2, -0.15) is 0 Å². The van der Waals surface area contributed by atoms with Gasteiger partial charge in [-0.25, -0.2) is 4.79 Å². The Bertz CT molecular complexity index is 920. The molecule has 6 heteroatoms. The van der Waals surface area contributed by atoms with Crippen LogP contribution in [0.5, 0.6) is 0 Å². The lowest BCUT2D eigenvalue weighted by molar-refractivity contribution is 0.0526. The van der Waals surface area contributed by atoms with Gasteiger partial charge >= 0.3 is 5.97 Å². The lowest BCUT2D eigenvalue weighted by Gasteiger charge is -2.11. The number of aromatic nitrogens is 1. The highest BCUT2D eigenvalue weighted by molar-refractivity contribution is 9.10. The van der Waals surface area contributed by atoms with E-state index in [9.17, 15) is 4.79 Å². The molecule has 1 heterocycles. The Morgan fingerprint density at radius 3 is 2.48 bits per heavy atom. The van der Waals surface area contributed by atoms with Crippen LogP contribution < -0.4 is 0 Å². The van der Waals surface area contributed by atoms with Crippen LogP contribution in [0.3, 0.4) is 0 Å². The molecule has 1 aromatic heterocycles. The molecule has 0 aliphatic carbocycles.